The first kappa shape index (κ1) is 14.3. The molecule has 2 rings (SSSR count). The highest BCUT2D eigenvalue weighted by atomic mass is 16.1. The Morgan fingerprint density at radius 1 is 1.20 bits per heavy atom. The lowest BCUT2D eigenvalue weighted by Crippen LogP contribution is -2.26. The summed E-state index contributed by atoms with van der Waals surface area (Å²) in [6.07, 6.45) is 0. The van der Waals surface area contributed by atoms with Gasteiger partial charge in [-0.1, -0.05) is 42.5 Å². The number of carbonyl (C=O) groups excluding carboxylic acids is 1. The fourth-order valence-corrected chi connectivity index (χ4v) is 2.02. The molecule has 0 fully saturated rings. The number of aryl methyl sites for hydroxylation is 1. The van der Waals surface area contributed by atoms with Gasteiger partial charge >= 0.3 is 0 Å². The van der Waals surface area contributed by atoms with Gasteiger partial charge < -0.3 is 11.1 Å². The highest BCUT2D eigenvalue weighted by molar-refractivity contribution is 5.98. The third-order valence-electron chi connectivity index (χ3n) is 3.47. The second kappa shape index (κ2) is 6.35. The second-order valence-corrected chi connectivity index (χ2v) is 5.01. The van der Waals surface area contributed by atoms with Crippen LogP contribution in [-0.2, 0) is 0 Å². The topological polar surface area (TPSA) is 55.1 Å². The molecule has 1 atom stereocenters. The molecule has 0 aromatic heterocycles. The fourth-order valence-electron chi connectivity index (χ4n) is 2.02. The Balaban J connectivity index is 1.97. The van der Waals surface area contributed by atoms with Crippen molar-refractivity contribution in [1.29, 1.82) is 0 Å². The van der Waals surface area contributed by atoms with Crippen LogP contribution in [0.1, 0.15) is 34.5 Å². The minimum Gasteiger partial charge on any atom is -0.398 e. The summed E-state index contributed by atoms with van der Waals surface area (Å²) < 4.78 is 0. The van der Waals surface area contributed by atoms with Crippen molar-refractivity contribution in [3.8, 4) is 0 Å². The van der Waals surface area contributed by atoms with Crippen LogP contribution in [0.15, 0.2) is 48.5 Å². The van der Waals surface area contributed by atoms with Gasteiger partial charge in [-0.15, -0.1) is 0 Å². The molecule has 1 unspecified atom stereocenters. The number of carbonyl (C=O) groups is 1. The van der Waals surface area contributed by atoms with Gasteiger partial charge in [0.1, 0.15) is 0 Å². The molecule has 0 aliphatic rings. The zero-order valence-electron chi connectivity index (χ0n) is 11.9. The third kappa shape index (κ3) is 3.45. The van der Waals surface area contributed by atoms with Crippen LogP contribution < -0.4 is 11.1 Å². The molecule has 2 aromatic rings. The number of anilines is 1. The van der Waals surface area contributed by atoms with E-state index < -0.39 is 0 Å². The highest BCUT2D eigenvalue weighted by Gasteiger charge is 2.10. The van der Waals surface area contributed by atoms with Crippen LogP contribution in [0, 0.1) is 6.92 Å². The van der Waals surface area contributed by atoms with E-state index in [0.717, 1.165) is 5.56 Å². The number of nitrogen functional groups attached to an aromatic ring is 1. The zero-order valence-corrected chi connectivity index (χ0v) is 11.9. The van der Waals surface area contributed by atoms with Crippen molar-refractivity contribution in [3.63, 3.8) is 0 Å². The maximum Gasteiger partial charge on any atom is 0.176 e. The molecule has 0 aliphatic heterocycles. The van der Waals surface area contributed by atoms with Crippen LogP contribution in [0.25, 0.3) is 0 Å². The first-order valence-electron chi connectivity index (χ1n) is 6.75. The van der Waals surface area contributed by atoms with Gasteiger partial charge in [0.25, 0.3) is 0 Å². The standard InChI is InChI=1S/C17H20N2O/c1-12-8-9-15(10-16(12)18)17(20)11-19-13(2)14-6-4-3-5-7-14/h3-10,13,19H,11,18H2,1-2H3. The first-order chi connectivity index (χ1) is 9.58. The van der Waals surface area contributed by atoms with E-state index in [1.165, 1.54) is 5.56 Å². The minimum atomic E-state index is 0.0551. The second-order valence-electron chi connectivity index (χ2n) is 5.01. The number of rotatable bonds is 5. The van der Waals surface area contributed by atoms with Crippen molar-refractivity contribution < 1.29 is 4.79 Å². The number of nitrogens with one attached hydrogen (secondary N) is 1. The normalized spacial score (nSPS) is 12.1. The van der Waals surface area contributed by atoms with Crippen molar-refractivity contribution >= 4 is 11.5 Å². The van der Waals surface area contributed by atoms with Crippen molar-refractivity contribution in [1.82, 2.24) is 5.32 Å². The predicted molar refractivity (Wildman–Crippen MR) is 82.8 cm³/mol. The van der Waals surface area contributed by atoms with Gasteiger partial charge in [0, 0.05) is 17.3 Å². The van der Waals surface area contributed by atoms with E-state index >= 15 is 0 Å². The van der Waals surface area contributed by atoms with Gasteiger partial charge in [-0.3, -0.25) is 4.79 Å². The molecule has 2 aromatic carbocycles. The molecule has 0 heterocycles. The summed E-state index contributed by atoms with van der Waals surface area (Å²) in [6, 6.07) is 15.7. The largest absolute Gasteiger partial charge is 0.398 e. The lowest BCUT2D eigenvalue weighted by Gasteiger charge is -2.13. The first-order valence-corrected chi connectivity index (χ1v) is 6.75. The number of Topliss-reactive ketones (excluding diaryl/α,β-unsaturated/α-hetero) is 1. The summed E-state index contributed by atoms with van der Waals surface area (Å²) in [4.78, 5) is 12.1. The smallest absolute Gasteiger partial charge is 0.176 e. The van der Waals surface area contributed by atoms with Crippen molar-refractivity contribution in [2.75, 3.05) is 12.3 Å². The van der Waals surface area contributed by atoms with E-state index in [0.29, 0.717) is 17.8 Å². The molecular formula is C17H20N2O. The average molecular weight is 268 g/mol. The summed E-state index contributed by atoms with van der Waals surface area (Å²) in [5.74, 6) is 0.0551. The van der Waals surface area contributed by atoms with Gasteiger partial charge in [0.05, 0.1) is 6.54 Å². The molecule has 104 valence electrons. The summed E-state index contributed by atoms with van der Waals surface area (Å²) in [5.41, 5.74) is 9.31. The molecule has 3 nitrogen and oxygen atoms in total. The number of nitrogens with two attached hydrogens (primary N) is 1. The Morgan fingerprint density at radius 2 is 1.90 bits per heavy atom. The highest BCUT2D eigenvalue weighted by Crippen LogP contribution is 2.14. The predicted octanol–water partition coefficient (Wildman–Crippen LogP) is 3.11. The SMILES string of the molecule is Cc1ccc(C(=O)CNC(C)c2ccccc2)cc1N. The van der Waals surface area contributed by atoms with E-state index in [4.69, 9.17) is 5.73 Å². The third-order valence-corrected chi connectivity index (χ3v) is 3.47. The Hall–Kier alpha value is -2.13. The van der Waals surface area contributed by atoms with E-state index in [9.17, 15) is 4.79 Å². The fraction of sp³-hybridized carbons (Fsp3) is 0.235. The lowest BCUT2D eigenvalue weighted by atomic mass is 10.1. The maximum atomic E-state index is 12.1. The molecular weight excluding hydrogens is 248 g/mol. The monoisotopic (exact) mass is 268 g/mol. The zero-order chi connectivity index (χ0) is 14.5. The number of hydrogen-bond acceptors (Lipinski definition) is 3. The Kier molecular flexibility index (Phi) is 4.53. The average Bonchev–Trinajstić information content (AvgIpc) is 2.48. The van der Waals surface area contributed by atoms with Crippen LogP contribution in [-0.4, -0.2) is 12.3 Å². The van der Waals surface area contributed by atoms with E-state index in [1.54, 1.807) is 6.07 Å². The van der Waals surface area contributed by atoms with E-state index in [2.05, 4.69) is 5.32 Å². The van der Waals surface area contributed by atoms with Crippen LogP contribution in [0.4, 0.5) is 5.69 Å². The summed E-state index contributed by atoms with van der Waals surface area (Å²) in [5, 5.41) is 3.24. The number of benzene rings is 2. The van der Waals surface area contributed by atoms with Crippen LogP contribution >= 0.6 is 0 Å². The molecule has 0 bridgehead atoms. The number of ketones is 1. The van der Waals surface area contributed by atoms with Crippen LogP contribution in [0.3, 0.4) is 0 Å². The summed E-state index contributed by atoms with van der Waals surface area (Å²) in [7, 11) is 0. The van der Waals surface area contributed by atoms with Gasteiger partial charge in [-0.2, -0.15) is 0 Å². The molecule has 20 heavy (non-hydrogen) atoms. The van der Waals surface area contributed by atoms with Gasteiger partial charge in [0.2, 0.25) is 0 Å². The molecule has 3 N–H and O–H groups in total. The van der Waals surface area contributed by atoms with Crippen LogP contribution in [0.5, 0.6) is 0 Å². The van der Waals surface area contributed by atoms with Crippen molar-refractivity contribution in [2.24, 2.45) is 0 Å². The maximum absolute atomic E-state index is 12.1. The Labute approximate surface area is 119 Å². The van der Waals surface area contributed by atoms with Gasteiger partial charge in [-0.05, 0) is 31.0 Å². The molecule has 0 saturated heterocycles. The van der Waals surface area contributed by atoms with E-state index in [1.807, 2.05) is 56.3 Å². The summed E-state index contributed by atoms with van der Waals surface area (Å²) in [6.45, 7) is 4.28. The molecule has 0 aliphatic carbocycles. The van der Waals surface area contributed by atoms with E-state index in [-0.39, 0.29) is 11.8 Å². The Morgan fingerprint density at radius 3 is 2.55 bits per heavy atom. The van der Waals surface area contributed by atoms with Crippen LogP contribution in [0.2, 0.25) is 0 Å². The Bertz CT molecular complexity index is 593. The minimum absolute atomic E-state index is 0.0551. The molecule has 0 spiro atoms. The molecule has 0 amide bonds. The quantitative estimate of drug-likeness (QED) is 0.647. The molecule has 0 saturated carbocycles. The molecule has 0 radical (unpaired) electrons. The molecule has 3 heteroatoms. The van der Waals surface area contributed by atoms with Gasteiger partial charge in [0.15, 0.2) is 5.78 Å². The van der Waals surface area contributed by atoms with Gasteiger partial charge in [-0.25, -0.2) is 0 Å². The van der Waals surface area contributed by atoms with Crippen molar-refractivity contribution in [3.05, 3.63) is 65.2 Å². The number of hydrogen-bond donors (Lipinski definition) is 2. The van der Waals surface area contributed by atoms with Crippen molar-refractivity contribution in [2.45, 2.75) is 19.9 Å². The summed E-state index contributed by atoms with van der Waals surface area (Å²) >= 11 is 0. The lowest BCUT2D eigenvalue weighted by molar-refractivity contribution is 0.0988.